The Bertz CT molecular complexity index is 519. The highest BCUT2D eigenvalue weighted by atomic mass is 35.5. The number of nitrogens with one attached hydrogen (secondary N) is 1. The van der Waals surface area contributed by atoms with Crippen molar-refractivity contribution >= 4 is 12.4 Å². The van der Waals surface area contributed by atoms with Crippen molar-refractivity contribution < 1.29 is 17.9 Å². The summed E-state index contributed by atoms with van der Waals surface area (Å²) in [6.07, 6.45) is 1.19. The highest BCUT2D eigenvalue weighted by Gasteiger charge is 2.31. The first-order valence-corrected chi connectivity index (χ1v) is 8.41. The van der Waals surface area contributed by atoms with Crippen molar-refractivity contribution in [3.05, 3.63) is 42.5 Å². The molecule has 0 bridgehead atoms. The van der Waals surface area contributed by atoms with Gasteiger partial charge in [0.15, 0.2) is 0 Å². The molecule has 1 fully saturated rings. The minimum absolute atomic E-state index is 0. The van der Waals surface area contributed by atoms with Crippen LogP contribution in [0.1, 0.15) is 37.3 Å². The van der Waals surface area contributed by atoms with Gasteiger partial charge in [0, 0.05) is 32.2 Å². The zero-order chi connectivity index (χ0) is 17.4. The van der Waals surface area contributed by atoms with Crippen molar-refractivity contribution in [3.8, 4) is 5.75 Å². The lowest BCUT2D eigenvalue weighted by Crippen LogP contribution is -2.45. The normalized spacial score (nSPS) is 16.8. The van der Waals surface area contributed by atoms with Gasteiger partial charge in [-0.25, -0.2) is 0 Å². The van der Waals surface area contributed by atoms with E-state index in [0.717, 1.165) is 57.4 Å². The fraction of sp³-hybridized carbons (Fsp3) is 0.556. The molecule has 0 aliphatic carbocycles. The lowest BCUT2D eigenvalue weighted by Gasteiger charge is -2.35. The SMILES string of the molecule is C=CCCCC[C@H](c1cccc(OC(F)(F)F)c1)N1CCNCC1.Cl. The smallest absolute Gasteiger partial charge is 0.406 e. The molecule has 1 aromatic rings. The Morgan fingerprint density at radius 3 is 2.60 bits per heavy atom. The third-order valence-electron chi connectivity index (χ3n) is 4.20. The molecular weight excluding hydrogens is 353 g/mol. The molecule has 1 atom stereocenters. The highest BCUT2D eigenvalue weighted by Crippen LogP contribution is 2.31. The van der Waals surface area contributed by atoms with E-state index < -0.39 is 6.36 Å². The summed E-state index contributed by atoms with van der Waals surface area (Å²) < 4.78 is 41.5. The molecule has 1 aromatic carbocycles. The van der Waals surface area contributed by atoms with Crippen LogP contribution in [0.2, 0.25) is 0 Å². The number of rotatable bonds is 8. The molecule has 7 heteroatoms. The Morgan fingerprint density at radius 1 is 1.24 bits per heavy atom. The number of piperazine rings is 1. The Hall–Kier alpha value is -1.24. The summed E-state index contributed by atoms with van der Waals surface area (Å²) >= 11 is 0. The van der Waals surface area contributed by atoms with E-state index in [-0.39, 0.29) is 24.2 Å². The number of unbranched alkanes of at least 4 members (excludes halogenated alkanes) is 2. The average molecular weight is 379 g/mol. The molecule has 1 N–H and O–H groups in total. The van der Waals surface area contributed by atoms with Gasteiger partial charge in [0.2, 0.25) is 0 Å². The first kappa shape index (κ1) is 21.8. The van der Waals surface area contributed by atoms with Crippen molar-refractivity contribution in [1.29, 1.82) is 0 Å². The maximum atomic E-state index is 12.5. The fourth-order valence-corrected chi connectivity index (χ4v) is 3.10. The van der Waals surface area contributed by atoms with Crippen LogP contribution in [0.15, 0.2) is 36.9 Å². The quantitative estimate of drug-likeness (QED) is 0.524. The van der Waals surface area contributed by atoms with E-state index in [4.69, 9.17) is 0 Å². The lowest BCUT2D eigenvalue weighted by atomic mass is 9.98. The molecule has 0 unspecified atom stereocenters. The van der Waals surface area contributed by atoms with Crippen LogP contribution in [0.5, 0.6) is 5.75 Å². The fourth-order valence-electron chi connectivity index (χ4n) is 3.10. The summed E-state index contributed by atoms with van der Waals surface area (Å²) in [6.45, 7) is 7.34. The number of hydrogen-bond donors (Lipinski definition) is 1. The Kier molecular flexibility index (Phi) is 9.32. The standard InChI is InChI=1S/C18H25F3N2O.ClH/c1-2-3-4-5-9-17(23-12-10-22-11-13-23)15-7-6-8-16(14-15)24-18(19,20)21;/h2,6-8,14,17,22H,1,3-5,9-13H2;1H/t17-;/m1./s1. The van der Waals surface area contributed by atoms with Crippen LogP contribution in [0.4, 0.5) is 13.2 Å². The van der Waals surface area contributed by atoms with Gasteiger partial charge < -0.3 is 10.1 Å². The third-order valence-corrected chi connectivity index (χ3v) is 4.20. The van der Waals surface area contributed by atoms with E-state index in [0.29, 0.717) is 0 Å². The lowest BCUT2D eigenvalue weighted by molar-refractivity contribution is -0.274. The van der Waals surface area contributed by atoms with Crippen molar-refractivity contribution in [3.63, 3.8) is 0 Å². The van der Waals surface area contributed by atoms with Crippen LogP contribution in [0, 0.1) is 0 Å². The minimum atomic E-state index is -4.66. The summed E-state index contributed by atoms with van der Waals surface area (Å²) in [6, 6.07) is 6.52. The zero-order valence-electron chi connectivity index (χ0n) is 14.2. The summed E-state index contributed by atoms with van der Waals surface area (Å²) in [5.74, 6) is -0.147. The van der Waals surface area contributed by atoms with Crippen LogP contribution < -0.4 is 10.1 Å². The summed E-state index contributed by atoms with van der Waals surface area (Å²) in [4.78, 5) is 2.34. The second-order valence-electron chi connectivity index (χ2n) is 6.00. The molecule has 1 aliphatic heterocycles. The molecule has 0 spiro atoms. The molecule has 2 rings (SSSR count). The van der Waals surface area contributed by atoms with Crippen molar-refractivity contribution in [2.24, 2.45) is 0 Å². The van der Waals surface area contributed by atoms with Crippen molar-refractivity contribution in [2.75, 3.05) is 26.2 Å². The van der Waals surface area contributed by atoms with Gasteiger partial charge in [-0.1, -0.05) is 24.6 Å². The van der Waals surface area contributed by atoms with Crippen LogP contribution in [-0.2, 0) is 0 Å². The van der Waals surface area contributed by atoms with Crippen LogP contribution in [0.3, 0.4) is 0 Å². The number of halogens is 4. The van der Waals surface area contributed by atoms with Gasteiger partial charge in [-0.05, 0) is 37.0 Å². The first-order chi connectivity index (χ1) is 11.5. The van der Waals surface area contributed by atoms with Gasteiger partial charge >= 0.3 is 6.36 Å². The average Bonchev–Trinajstić information content (AvgIpc) is 2.54. The predicted octanol–water partition coefficient (Wildman–Crippen LogP) is 4.70. The van der Waals surface area contributed by atoms with Crippen molar-refractivity contribution in [2.45, 2.75) is 38.1 Å². The number of hydrogen-bond acceptors (Lipinski definition) is 3. The molecule has 0 radical (unpaired) electrons. The maximum absolute atomic E-state index is 12.5. The Labute approximate surface area is 153 Å². The first-order valence-electron chi connectivity index (χ1n) is 8.41. The molecular formula is C18H26ClF3N2O. The van der Waals surface area contributed by atoms with Crippen LogP contribution in [-0.4, -0.2) is 37.4 Å². The zero-order valence-corrected chi connectivity index (χ0v) is 15.0. The van der Waals surface area contributed by atoms with Gasteiger partial charge in [0.05, 0.1) is 0 Å². The van der Waals surface area contributed by atoms with Crippen molar-refractivity contribution in [1.82, 2.24) is 10.2 Å². The summed E-state index contributed by atoms with van der Waals surface area (Å²) in [7, 11) is 0. The van der Waals surface area contributed by atoms with E-state index in [1.54, 1.807) is 6.07 Å². The topological polar surface area (TPSA) is 24.5 Å². The summed E-state index contributed by atoms with van der Waals surface area (Å²) in [5, 5.41) is 3.31. The molecule has 142 valence electrons. The second kappa shape index (κ2) is 10.7. The van der Waals surface area contributed by atoms with Crippen LogP contribution >= 0.6 is 12.4 Å². The number of ether oxygens (including phenoxy) is 1. The molecule has 1 saturated heterocycles. The number of allylic oxidation sites excluding steroid dienone is 1. The molecule has 3 nitrogen and oxygen atoms in total. The van der Waals surface area contributed by atoms with Gasteiger partial charge in [-0.15, -0.1) is 32.2 Å². The van der Waals surface area contributed by atoms with E-state index in [2.05, 4.69) is 21.5 Å². The van der Waals surface area contributed by atoms with Gasteiger partial charge in [0.25, 0.3) is 0 Å². The predicted molar refractivity (Wildman–Crippen MR) is 96.2 cm³/mol. The second-order valence-corrected chi connectivity index (χ2v) is 6.00. The van der Waals surface area contributed by atoms with Crippen LogP contribution in [0.25, 0.3) is 0 Å². The monoisotopic (exact) mass is 378 g/mol. The van der Waals surface area contributed by atoms with E-state index >= 15 is 0 Å². The number of benzene rings is 1. The largest absolute Gasteiger partial charge is 0.573 e. The van der Waals surface area contributed by atoms with Gasteiger partial charge in [-0.2, -0.15) is 0 Å². The molecule has 0 amide bonds. The molecule has 25 heavy (non-hydrogen) atoms. The maximum Gasteiger partial charge on any atom is 0.573 e. The number of nitrogens with zero attached hydrogens (tertiary/aromatic N) is 1. The van der Waals surface area contributed by atoms with E-state index in [1.807, 2.05) is 12.1 Å². The van der Waals surface area contributed by atoms with E-state index in [1.165, 1.54) is 12.1 Å². The van der Waals surface area contributed by atoms with Gasteiger partial charge in [-0.3, -0.25) is 4.90 Å². The highest BCUT2D eigenvalue weighted by molar-refractivity contribution is 5.85. The molecule has 0 aromatic heterocycles. The molecule has 1 aliphatic rings. The summed E-state index contributed by atoms with van der Waals surface area (Å²) in [5.41, 5.74) is 0.886. The Balaban J connectivity index is 0.00000312. The Morgan fingerprint density at radius 2 is 1.96 bits per heavy atom. The third kappa shape index (κ3) is 7.67. The minimum Gasteiger partial charge on any atom is -0.406 e. The van der Waals surface area contributed by atoms with E-state index in [9.17, 15) is 13.2 Å². The number of alkyl halides is 3. The molecule has 1 heterocycles. The van der Waals surface area contributed by atoms with Gasteiger partial charge in [0.1, 0.15) is 5.75 Å². The molecule has 0 saturated carbocycles.